The summed E-state index contributed by atoms with van der Waals surface area (Å²) in [6.45, 7) is 6.08. The maximum Gasteiger partial charge on any atom is 0.274 e. The standard InChI is InChI=1S/C23H27N5O2/c1-13-7-16(24)12-28(11-13)20-5-6-25-10-19(20)26-22(29)18-4-3-15-9-21(17-8-14(17)2)30-23(15)27-18/h3-6,9-10,13-14,16-17H,7-8,11-12,24H2,1-2H3,(H,26,29)/t13?,14-,16?,17-/m1/s1. The maximum atomic E-state index is 12.9. The lowest BCUT2D eigenvalue weighted by Crippen LogP contribution is -2.46. The molecule has 3 aromatic rings. The highest BCUT2D eigenvalue weighted by atomic mass is 16.3. The van der Waals surface area contributed by atoms with E-state index < -0.39 is 0 Å². The maximum absolute atomic E-state index is 12.9. The highest BCUT2D eigenvalue weighted by Crippen LogP contribution is 2.48. The van der Waals surface area contributed by atoms with Crippen LogP contribution in [0.15, 0.2) is 41.1 Å². The number of aromatic nitrogens is 2. The van der Waals surface area contributed by atoms with Crippen LogP contribution in [0.5, 0.6) is 0 Å². The van der Waals surface area contributed by atoms with Crippen molar-refractivity contribution in [2.24, 2.45) is 17.6 Å². The first-order valence-electron chi connectivity index (χ1n) is 10.6. The Morgan fingerprint density at radius 1 is 1.23 bits per heavy atom. The molecule has 1 saturated heterocycles. The Bertz CT molecular complexity index is 1080. The Labute approximate surface area is 175 Å². The molecule has 0 radical (unpaired) electrons. The number of carbonyl (C=O) groups excluding carboxylic acids is 1. The van der Waals surface area contributed by atoms with Crippen LogP contribution in [0.3, 0.4) is 0 Å². The number of anilines is 2. The fourth-order valence-corrected chi connectivity index (χ4v) is 4.51. The first-order valence-corrected chi connectivity index (χ1v) is 10.6. The SMILES string of the molecule is CC1CC(N)CN(c2ccncc2NC(=O)c2ccc3cc([C@@H]4C[C@H]4C)oc3n2)C1. The molecule has 2 fully saturated rings. The predicted octanol–water partition coefficient (Wildman–Crippen LogP) is 3.77. The van der Waals surface area contributed by atoms with Crippen LogP contribution in [-0.4, -0.2) is 35.0 Å². The highest BCUT2D eigenvalue weighted by Gasteiger charge is 2.37. The average Bonchev–Trinajstić information content (AvgIpc) is 3.29. The molecule has 1 amide bonds. The molecular formula is C23H27N5O2. The zero-order valence-electron chi connectivity index (χ0n) is 17.3. The van der Waals surface area contributed by atoms with Crippen LogP contribution in [0.1, 0.15) is 48.9 Å². The van der Waals surface area contributed by atoms with E-state index in [-0.39, 0.29) is 11.9 Å². The molecule has 0 aromatic carbocycles. The smallest absolute Gasteiger partial charge is 0.274 e. The highest BCUT2D eigenvalue weighted by molar-refractivity contribution is 6.05. The summed E-state index contributed by atoms with van der Waals surface area (Å²) in [7, 11) is 0. The molecule has 7 heteroatoms. The third-order valence-corrected chi connectivity index (χ3v) is 6.19. The van der Waals surface area contributed by atoms with Gasteiger partial charge in [-0.15, -0.1) is 0 Å². The van der Waals surface area contributed by atoms with Gasteiger partial charge in [0.1, 0.15) is 11.5 Å². The Morgan fingerprint density at radius 2 is 2.07 bits per heavy atom. The largest absolute Gasteiger partial charge is 0.442 e. The number of fused-ring (bicyclic) bond motifs is 1. The molecule has 1 aliphatic heterocycles. The summed E-state index contributed by atoms with van der Waals surface area (Å²) in [5.41, 5.74) is 8.66. The quantitative estimate of drug-likeness (QED) is 0.686. The average molecular weight is 406 g/mol. The molecule has 1 aliphatic carbocycles. The minimum atomic E-state index is -0.279. The molecule has 4 atom stereocenters. The predicted molar refractivity (Wildman–Crippen MR) is 117 cm³/mol. The Kier molecular flexibility index (Phi) is 4.70. The second-order valence-electron chi connectivity index (χ2n) is 8.91. The van der Waals surface area contributed by atoms with Crippen LogP contribution in [0.2, 0.25) is 0 Å². The monoisotopic (exact) mass is 405 g/mol. The summed E-state index contributed by atoms with van der Waals surface area (Å²) in [6, 6.07) is 7.72. The van der Waals surface area contributed by atoms with Gasteiger partial charge in [-0.25, -0.2) is 4.98 Å². The molecule has 3 N–H and O–H groups in total. The van der Waals surface area contributed by atoms with Crippen molar-refractivity contribution < 1.29 is 9.21 Å². The van der Waals surface area contributed by atoms with Crippen LogP contribution < -0.4 is 16.0 Å². The number of nitrogens with one attached hydrogen (secondary N) is 1. The minimum Gasteiger partial charge on any atom is -0.442 e. The summed E-state index contributed by atoms with van der Waals surface area (Å²) in [5.74, 6) is 2.32. The van der Waals surface area contributed by atoms with Gasteiger partial charge in [0.15, 0.2) is 0 Å². The fourth-order valence-electron chi connectivity index (χ4n) is 4.51. The van der Waals surface area contributed by atoms with E-state index in [9.17, 15) is 4.79 Å². The molecular weight excluding hydrogens is 378 g/mol. The van der Waals surface area contributed by atoms with Gasteiger partial charge in [-0.2, -0.15) is 0 Å². The number of rotatable bonds is 4. The van der Waals surface area contributed by atoms with E-state index in [0.717, 1.165) is 42.8 Å². The van der Waals surface area contributed by atoms with Crippen LogP contribution in [0.25, 0.3) is 11.1 Å². The lowest BCUT2D eigenvalue weighted by Gasteiger charge is -2.37. The molecule has 2 unspecified atom stereocenters. The molecule has 5 rings (SSSR count). The third-order valence-electron chi connectivity index (χ3n) is 6.19. The molecule has 1 saturated carbocycles. The van der Waals surface area contributed by atoms with Gasteiger partial charge < -0.3 is 20.4 Å². The summed E-state index contributed by atoms with van der Waals surface area (Å²) >= 11 is 0. The van der Waals surface area contributed by atoms with Crippen LogP contribution in [-0.2, 0) is 0 Å². The van der Waals surface area contributed by atoms with E-state index >= 15 is 0 Å². The number of piperidine rings is 1. The second-order valence-corrected chi connectivity index (χ2v) is 8.91. The first-order chi connectivity index (χ1) is 14.5. The van der Waals surface area contributed by atoms with Crippen LogP contribution in [0.4, 0.5) is 11.4 Å². The number of hydrogen-bond donors (Lipinski definition) is 2. The number of carbonyl (C=O) groups is 1. The van der Waals surface area contributed by atoms with Gasteiger partial charge in [0.25, 0.3) is 5.91 Å². The zero-order chi connectivity index (χ0) is 20.8. The van der Waals surface area contributed by atoms with Crippen molar-refractivity contribution >= 4 is 28.4 Å². The summed E-state index contributed by atoms with van der Waals surface area (Å²) in [6.07, 6.45) is 5.58. The van der Waals surface area contributed by atoms with Gasteiger partial charge in [-0.05, 0) is 48.9 Å². The van der Waals surface area contributed by atoms with Crippen LogP contribution in [0, 0.1) is 11.8 Å². The lowest BCUT2D eigenvalue weighted by atomic mass is 9.96. The van der Waals surface area contributed by atoms with Crippen molar-refractivity contribution in [2.75, 3.05) is 23.3 Å². The topological polar surface area (TPSA) is 97.3 Å². The number of furan rings is 1. The van der Waals surface area contributed by atoms with Gasteiger partial charge in [0.2, 0.25) is 5.71 Å². The third kappa shape index (κ3) is 3.65. The normalized spacial score (nSPS) is 26.0. The molecule has 7 nitrogen and oxygen atoms in total. The number of amides is 1. The first kappa shape index (κ1) is 19.1. The molecule has 4 heterocycles. The summed E-state index contributed by atoms with van der Waals surface area (Å²) in [5, 5.41) is 3.91. The summed E-state index contributed by atoms with van der Waals surface area (Å²) < 4.78 is 5.92. The van der Waals surface area contributed by atoms with Crippen molar-refractivity contribution in [1.82, 2.24) is 9.97 Å². The molecule has 2 aliphatic rings. The van der Waals surface area contributed by atoms with Crippen molar-refractivity contribution in [1.29, 1.82) is 0 Å². The van der Waals surface area contributed by atoms with E-state index in [1.54, 1.807) is 18.5 Å². The van der Waals surface area contributed by atoms with Crippen molar-refractivity contribution in [3.05, 3.63) is 48.1 Å². The van der Waals surface area contributed by atoms with Gasteiger partial charge >= 0.3 is 0 Å². The van der Waals surface area contributed by atoms with E-state index in [1.165, 1.54) is 0 Å². The Balaban J connectivity index is 1.38. The molecule has 0 spiro atoms. The van der Waals surface area contributed by atoms with E-state index in [0.29, 0.717) is 34.8 Å². The Hall–Kier alpha value is -2.93. The Morgan fingerprint density at radius 3 is 2.83 bits per heavy atom. The molecule has 156 valence electrons. The summed E-state index contributed by atoms with van der Waals surface area (Å²) in [4.78, 5) is 23.8. The fraction of sp³-hybridized carbons (Fsp3) is 0.435. The van der Waals surface area contributed by atoms with Crippen LogP contribution >= 0.6 is 0 Å². The van der Waals surface area contributed by atoms with E-state index in [1.807, 2.05) is 18.2 Å². The second kappa shape index (κ2) is 7.40. The van der Waals surface area contributed by atoms with Crippen molar-refractivity contribution in [3.8, 4) is 0 Å². The van der Waals surface area contributed by atoms with Gasteiger partial charge in [0.05, 0.1) is 17.6 Å². The molecule has 30 heavy (non-hydrogen) atoms. The molecule has 3 aromatic heterocycles. The van der Waals surface area contributed by atoms with Crippen molar-refractivity contribution in [3.63, 3.8) is 0 Å². The number of hydrogen-bond acceptors (Lipinski definition) is 6. The molecule has 0 bridgehead atoms. The zero-order valence-corrected chi connectivity index (χ0v) is 17.3. The van der Waals surface area contributed by atoms with E-state index in [2.05, 4.69) is 34.0 Å². The van der Waals surface area contributed by atoms with E-state index in [4.69, 9.17) is 10.2 Å². The lowest BCUT2D eigenvalue weighted by molar-refractivity contribution is 0.102. The van der Waals surface area contributed by atoms with Gasteiger partial charge in [-0.1, -0.05) is 13.8 Å². The number of nitrogens with zero attached hydrogens (tertiary/aromatic N) is 3. The van der Waals surface area contributed by atoms with Crippen molar-refractivity contribution in [2.45, 2.75) is 38.6 Å². The van der Waals surface area contributed by atoms with Gasteiger partial charge in [0, 0.05) is 36.6 Å². The number of pyridine rings is 2. The van der Waals surface area contributed by atoms with Gasteiger partial charge in [-0.3, -0.25) is 9.78 Å². The minimum absolute atomic E-state index is 0.122. The number of nitrogens with two attached hydrogens (primary N) is 1.